The highest BCUT2D eigenvalue weighted by Crippen LogP contribution is 2.18. The molecule has 0 spiro atoms. The molecule has 230 valence electrons. The lowest BCUT2D eigenvalue weighted by molar-refractivity contribution is -0.150. The summed E-state index contributed by atoms with van der Waals surface area (Å²) in [6.45, 7) is 4.86. The molecule has 2 unspecified atom stereocenters. The summed E-state index contributed by atoms with van der Waals surface area (Å²) in [5.41, 5.74) is 5.45. The van der Waals surface area contributed by atoms with E-state index in [-0.39, 0.29) is 18.0 Å². The van der Waals surface area contributed by atoms with E-state index in [1.54, 1.807) is 0 Å². The summed E-state index contributed by atoms with van der Waals surface area (Å²) in [6.07, 6.45) is 24.4. The van der Waals surface area contributed by atoms with Crippen molar-refractivity contribution in [3.63, 3.8) is 0 Å². The van der Waals surface area contributed by atoms with Crippen LogP contribution in [0.2, 0.25) is 0 Å². The number of aliphatic carboxylic acids is 1. The van der Waals surface area contributed by atoms with Crippen LogP contribution in [-0.2, 0) is 19.1 Å². The predicted octanol–water partition coefficient (Wildman–Crippen LogP) is 7.83. The van der Waals surface area contributed by atoms with Crippen LogP contribution in [0.3, 0.4) is 0 Å². The highest BCUT2D eigenvalue weighted by Gasteiger charge is 2.19. The van der Waals surface area contributed by atoms with E-state index in [1.807, 2.05) is 0 Å². The van der Waals surface area contributed by atoms with Gasteiger partial charge >= 0.3 is 11.9 Å². The van der Waals surface area contributed by atoms with E-state index in [1.165, 1.54) is 70.6 Å². The number of carbonyl (C=O) groups excluding carboxylic acids is 2. The Bertz CT molecular complexity index is 599. The number of rotatable bonds is 29. The van der Waals surface area contributed by atoms with Crippen molar-refractivity contribution in [1.82, 2.24) is 5.32 Å². The summed E-state index contributed by atoms with van der Waals surface area (Å²) in [6, 6.07) is -0.857. The molecule has 0 aliphatic rings. The second-order valence-corrected chi connectivity index (χ2v) is 11.2. The van der Waals surface area contributed by atoms with Gasteiger partial charge in [0.05, 0.1) is 0 Å². The average molecular weight is 555 g/mol. The van der Waals surface area contributed by atoms with Gasteiger partial charge in [-0.15, -0.1) is 0 Å². The monoisotopic (exact) mass is 554 g/mol. The maximum atomic E-state index is 12.5. The topological polar surface area (TPSA) is 119 Å². The van der Waals surface area contributed by atoms with Crippen molar-refractivity contribution in [2.24, 2.45) is 5.73 Å². The van der Waals surface area contributed by atoms with E-state index in [9.17, 15) is 19.5 Å². The van der Waals surface area contributed by atoms with Gasteiger partial charge in [0.2, 0.25) is 5.91 Å². The number of hydrogen-bond acceptors (Lipinski definition) is 5. The van der Waals surface area contributed by atoms with Gasteiger partial charge in [0, 0.05) is 12.8 Å². The number of carboxylic acid groups (broad SMARTS) is 1. The van der Waals surface area contributed by atoms with Gasteiger partial charge in [-0.25, -0.2) is 4.79 Å². The van der Waals surface area contributed by atoms with Crippen molar-refractivity contribution < 1.29 is 24.2 Å². The molecule has 0 saturated carbocycles. The van der Waals surface area contributed by atoms with Gasteiger partial charge in [-0.3, -0.25) is 9.59 Å². The van der Waals surface area contributed by atoms with Crippen LogP contribution in [0.1, 0.15) is 168 Å². The van der Waals surface area contributed by atoms with Crippen molar-refractivity contribution in [3.8, 4) is 0 Å². The van der Waals surface area contributed by atoms with Crippen molar-refractivity contribution in [2.75, 3.05) is 6.54 Å². The van der Waals surface area contributed by atoms with Gasteiger partial charge in [0.15, 0.2) is 0 Å². The molecule has 1 amide bonds. The van der Waals surface area contributed by atoms with Crippen LogP contribution in [0.5, 0.6) is 0 Å². The Morgan fingerprint density at radius 1 is 0.641 bits per heavy atom. The second kappa shape index (κ2) is 27.9. The van der Waals surface area contributed by atoms with Gasteiger partial charge in [0.1, 0.15) is 12.1 Å². The quantitative estimate of drug-likeness (QED) is 0.0640. The maximum Gasteiger partial charge on any atom is 0.326 e. The van der Waals surface area contributed by atoms with Gasteiger partial charge in [-0.05, 0) is 57.9 Å². The Labute approximate surface area is 239 Å². The molecule has 0 aromatic heterocycles. The first kappa shape index (κ1) is 37.4. The molecule has 7 nitrogen and oxygen atoms in total. The molecule has 0 rings (SSSR count). The van der Waals surface area contributed by atoms with Crippen LogP contribution in [-0.4, -0.2) is 41.6 Å². The Morgan fingerprint density at radius 2 is 1.10 bits per heavy atom. The number of ether oxygens (including phenoxy) is 1. The smallest absolute Gasteiger partial charge is 0.326 e. The minimum Gasteiger partial charge on any atom is -0.480 e. The third-order valence-corrected chi connectivity index (χ3v) is 7.42. The van der Waals surface area contributed by atoms with E-state index in [0.717, 1.165) is 57.8 Å². The summed E-state index contributed by atoms with van der Waals surface area (Å²) in [7, 11) is 0. The zero-order chi connectivity index (χ0) is 29.0. The molecule has 0 bridgehead atoms. The maximum absolute atomic E-state index is 12.5. The zero-order valence-corrected chi connectivity index (χ0v) is 25.5. The molecule has 0 heterocycles. The molecule has 0 aliphatic heterocycles. The van der Waals surface area contributed by atoms with Gasteiger partial charge < -0.3 is 20.9 Å². The Morgan fingerprint density at radius 3 is 1.62 bits per heavy atom. The fraction of sp³-hybridized carbons (Fsp3) is 0.906. The fourth-order valence-electron chi connectivity index (χ4n) is 4.92. The van der Waals surface area contributed by atoms with E-state index >= 15 is 0 Å². The van der Waals surface area contributed by atoms with E-state index in [2.05, 4.69) is 19.2 Å². The van der Waals surface area contributed by atoms with Crippen LogP contribution in [0.4, 0.5) is 0 Å². The van der Waals surface area contributed by atoms with Crippen molar-refractivity contribution >= 4 is 17.8 Å². The highest BCUT2D eigenvalue weighted by molar-refractivity contribution is 5.83. The first-order valence-electron chi connectivity index (χ1n) is 16.4. The lowest BCUT2D eigenvalue weighted by Gasteiger charge is -2.18. The SMILES string of the molecule is CCCCCCCCCCCCC(=O)OC(CCCCCC)CCCCCCC(=O)NC(CCCN)C(=O)O. The molecule has 0 aliphatic carbocycles. The van der Waals surface area contributed by atoms with Crippen molar-refractivity contribution in [1.29, 1.82) is 0 Å². The van der Waals surface area contributed by atoms with Crippen LogP contribution < -0.4 is 11.1 Å². The summed E-state index contributed by atoms with van der Waals surface area (Å²) in [4.78, 5) is 35.8. The summed E-state index contributed by atoms with van der Waals surface area (Å²) < 4.78 is 5.89. The number of esters is 1. The lowest BCUT2D eigenvalue weighted by Crippen LogP contribution is -2.40. The number of nitrogens with one attached hydrogen (secondary N) is 1. The second-order valence-electron chi connectivity index (χ2n) is 11.2. The highest BCUT2D eigenvalue weighted by atomic mass is 16.5. The molecule has 7 heteroatoms. The largest absolute Gasteiger partial charge is 0.480 e. The molecule has 4 N–H and O–H groups in total. The number of carboxylic acids is 1. The average Bonchev–Trinajstić information content (AvgIpc) is 2.91. The summed E-state index contributed by atoms with van der Waals surface area (Å²) in [5.74, 6) is -1.27. The van der Waals surface area contributed by atoms with Crippen LogP contribution in [0.15, 0.2) is 0 Å². The lowest BCUT2D eigenvalue weighted by atomic mass is 10.0. The molecule has 2 atom stereocenters. The Balaban J connectivity index is 4.12. The number of unbranched alkanes of at least 4 members (excludes halogenated alkanes) is 15. The first-order chi connectivity index (χ1) is 18.9. The molecular formula is C32H62N2O5. The molecule has 0 aromatic rings. The Hall–Kier alpha value is -1.63. The summed E-state index contributed by atoms with van der Waals surface area (Å²) in [5, 5.41) is 11.8. The molecule has 0 saturated heterocycles. The first-order valence-corrected chi connectivity index (χ1v) is 16.4. The van der Waals surface area contributed by atoms with Gasteiger partial charge in [0.25, 0.3) is 0 Å². The molecule has 0 aromatic carbocycles. The van der Waals surface area contributed by atoms with E-state index < -0.39 is 12.0 Å². The molecule has 0 fully saturated rings. The normalized spacial score (nSPS) is 12.7. The van der Waals surface area contributed by atoms with Crippen LogP contribution in [0, 0.1) is 0 Å². The zero-order valence-electron chi connectivity index (χ0n) is 25.5. The number of nitrogens with two attached hydrogens (primary N) is 1. The summed E-state index contributed by atoms with van der Waals surface area (Å²) >= 11 is 0. The van der Waals surface area contributed by atoms with E-state index in [0.29, 0.717) is 32.2 Å². The Kier molecular flexibility index (Phi) is 26.8. The number of carbonyl (C=O) groups is 3. The van der Waals surface area contributed by atoms with Crippen molar-refractivity contribution in [2.45, 2.75) is 180 Å². The number of amides is 1. The predicted molar refractivity (Wildman–Crippen MR) is 161 cm³/mol. The van der Waals surface area contributed by atoms with Gasteiger partial charge in [-0.1, -0.05) is 104 Å². The third kappa shape index (κ3) is 25.1. The number of hydrogen-bond donors (Lipinski definition) is 3. The minimum absolute atomic E-state index is 0.000328. The standard InChI is InChI=1S/C32H62N2O5/c1-3-5-7-9-10-11-12-13-14-20-26-31(36)39-28(22-17-8-6-4-2)23-18-15-16-19-25-30(35)34-29(32(37)38)24-21-27-33/h28-29H,3-27,33H2,1-2H3,(H,34,35)(H,37,38). The van der Waals surface area contributed by atoms with Gasteiger partial charge in [-0.2, -0.15) is 0 Å². The third-order valence-electron chi connectivity index (χ3n) is 7.42. The minimum atomic E-state index is -1.01. The molecule has 39 heavy (non-hydrogen) atoms. The van der Waals surface area contributed by atoms with Crippen LogP contribution >= 0.6 is 0 Å². The fourth-order valence-corrected chi connectivity index (χ4v) is 4.92. The molecule has 0 radical (unpaired) electrons. The van der Waals surface area contributed by atoms with Crippen LogP contribution in [0.25, 0.3) is 0 Å². The molecular weight excluding hydrogens is 492 g/mol. The van der Waals surface area contributed by atoms with E-state index in [4.69, 9.17) is 10.5 Å². The van der Waals surface area contributed by atoms with Crippen molar-refractivity contribution in [3.05, 3.63) is 0 Å².